The number of aromatic nitrogens is 2. The van der Waals surface area contributed by atoms with Crippen molar-refractivity contribution >= 4 is 5.91 Å². The molecule has 5 aliphatic carbocycles. The van der Waals surface area contributed by atoms with E-state index >= 15 is 4.79 Å². The minimum Gasteiger partial charge on any atom is -0.340 e. The monoisotopic (exact) mass is 674 g/mol. The number of amides is 1. The first-order valence-corrected chi connectivity index (χ1v) is 20.2. The number of hydrogen-bond donors (Lipinski definition) is 1. The molecule has 1 N–H and O–H groups in total. The first-order valence-electron chi connectivity index (χ1n) is 20.2. The number of imidazole rings is 1. The second kappa shape index (κ2) is 11.6. The molecule has 1 aliphatic heterocycles. The van der Waals surface area contributed by atoms with E-state index in [-0.39, 0.29) is 16.9 Å². The average Bonchev–Trinajstić information content (AvgIpc) is 3.86. The van der Waals surface area contributed by atoms with Crippen molar-refractivity contribution in [1.29, 1.82) is 5.26 Å². The second-order valence-electron chi connectivity index (χ2n) is 19.6. The van der Waals surface area contributed by atoms with Gasteiger partial charge < -0.3 is 9.88 Å². The minimum atomic E-state index is -0.300. The summed E-state index contributed by atoms with van der Waals surface area (Å²) in [7, 11) is 0. The number of carbonyl (C=O) groups is 1. The number of rotatable bonds is 4. The van der Waals surface area contributed by atoms with Crippen LogP contribution < -0.4 is 0 Å². The zero-order valence-corrected chi connectivity index (χ0v) is 32.1. The van der Waals surface area contributed by atoms with Gasteiger partial charge in [0.25, 0.3) is 0 Å². The van der Waals surface area contributed by atoms with Crippen LogP contribution in [0, 0.1) is 73.9 Å². The summed E-state index contributed by atoms with van der Waals surface area (Å²) >= 11 is 0. The molecule has 0 radical (unpaired) electrons. The molecule has 1 aromatic heterocycles. The molecule has 0 bridgehead atoms. The van der Waals surface area contributed by atoms with Crippen molar-refractivity contribution in [3.05, 3.63) is 54.0 Å². The highest BCUT2D eigenvalue weighted by Crippen LogP contribution is 2.78. The molecule has 11 atom stereocenters. The average molecular weight is 675 g/mol. The number of hydrogen-bond acceptors (Lipinski definition) is 3. The number of likely N-dealkylation sites (tertiary alicyclic amines) is 1. The van der Waals surface area contributed by atoms with Gasteiger partial charge >= 0.3 is 0 Å². The van der Waals surface area contributed by atoms with Crippen LogP contribution in [-0.2, 0) is 4.79 Å². The number of benzene rings is 1. The fraction of sp³-hybridized carbons (Fsp3) is 0.711. The predicted molar refractivity (Wildman–Crippen MR) is 201 cm³/mol. The molecule has 5 nitrogen and oxygen atoms in total. The molecule has 1 saturated heterocycles. The van der Waals surface area contributed by atoms with Crippen molar-refractivity contribution in [2.75, 3.05) is 6.54 Å². The van der Waals surface area contributed by atoms with Gasteiger partial charge in [0.05, 0.1) is 35.0 Å². The van der Waals surface area contributed by atoms with Gasteiger partial charge in [-0.3, -0.25) is 4.79 Å². The fourth-order valence-corrected chi connectivity index (χ4v) is 14.6. The summed E-state index contributed by atoms with van der Waals surface area (Å²) in [5.74, 6) is 5.06. The third-order valence-corrected chi connectivity index (χ3v) is 17.8. The molecule has 2 heterocycles. The van der Waals surface area contributed by atoms with Crippen LogP contribution in [-0.4, -0.2) is 27.3 Å². The Kier molecular flexibility index (Phi) is 7.92. The van der Waals surface area contributed by atoms with Crippen molar-refractivity contribution < 1.29 is 4.79 Å². The molecule has 6 fully saturated rings. The summed E-state index contributed by atoms with van der Waals surface area (Å²) in [6, 6.07) is 9.86. The number of nitrogens with one attached hydrogen (secondary N) is 1. The summed E-state index contributed by atoms with van der Waals surface area (Å²) < 4.78 is 0. The molecule has 268 valence electrons. The number of H-pyrrole nitrogens is 1. The van der Waals surface area contributed by atoms with E-state index in [0.717, 1.165) is 73.5 Å². The zero-order chi connectivity index (χ0) is 35.4. The van der Waals surface area contributed by atoms with Gasteiger partial charge in [-0.25, -0.2) is 4.98 Å². The van der Waals surface area contributed by atoms with Crippen molar-refractivity contribution in [3.63, 3.8) is 0 Å². The lowest BCUT2D eigenvalue weighted by molar-refractivity contribution is -0.242. The normalized spacial score (nSPS) is 43.2. The van der Waals surface area contributed by atoms with Crippen molar-refractivity contribution in [2.24, 2.45) is 62.6 Å². The highest BCUT2D eigenvalue weighted by molar-refractivity contribution is 5.84. The van der Waals surface area contributed by atoms with Crippen LogP contribution in [0.25, 0.3) is 11.3 Å². The van der Waals surface area contributed by atoms with E-state index in [1.807, 2.05) is 30.5 Å². The van der Waals surface area contributed by atoms with Crippen LogP contribution in [0.2, 0.25) is 0 Å². The van der Waals surface area contributed by atoms with E-state index in [1.54, 1.807) is 0 Å². The molecule has 2 aromatic rings. The molecule has 1 amide bonds. The molecule has 6 aliphatic rings. The Morgan fingerprint density at radius 2 is 1.68 bits per heavy atom. The maximum atomic E-state index is 15.4. The molecule has 0 spiro atoms. The molecular formula is C45H62N4O. The van der Waals surface area contributed by atoms with Gasteiger partial charge in [-0.05, 0) is 159 Å². The standard InChI is InChI=1S/C45H62N4O/c1-28(2)32-18-22-45(40(50)49-25-9-10-35(49)39-47-27-34(48-39)31-13-11-30(26-46)12-14-31)24-23-43(7)33(38(32)45)15-16-37-42(6)20-17-29(3)41(4,5)36(42)19-21-44(37,43)8/h11-14,27,29,32-33,35-38H,1,9-10,15-25H2,2-8H3,(H,47,48)/t29-,32-,33+,35?,36-,37+,38+,42-,43+,44+,45-/m0/s1. The first-order chi connectivity index (χ1) is 23.7. The van der Waals surface area contributed by atoms with E-state index in [1.165, 1.54) is 50.5 Å². The summed E-state index contributed by atoms with van der Waals surface area (Å²) in [5.41, 5.74) is 4.98. The quantitative estimate of drug-likeness (QED) is 0.328. The SMILES string of the molecule is C=C(C)[C@@H]1CC[C@]2(C(=O)N3CCCC3c3ncc(-c4ccc(C#N)cc4)[nH]3)CC[C@]3(C)[C@H](CC[C@@H]4[C@@]5(C)CC[C@H](C)C(C)(C)[C@@H]5CC[C@]43C)[C@@H]12. The van der Waals surface area contributed by atoms with Gasteiger partial charge in [-0.2, -0.15) is 5.26 Å². The van der Waals surface area contributed by atoms with Gasteiger partial charge in [0.2, 0.25) is 5.91 Å². The second-order valence-corrected chi connectivity index (χ2v) is 19.6. The maximum Gasteiger partial charge on any atom is 0.229 e. The van der Waals surface area contributed by atoms with Gasteiger partial charge in [-0.15, -0.1) is 0 Å². The Morgan fingerprint density at radius 1 is 0.920 bits per heavy atom. The third kappa shape index (κ3) is 4.54. The topological polar surface area (TPSA) is 72.8 Å². The number of fused-ring (bicyclic) bond motifs is 7. The smallest absolute Gasteiger partial charge is 0.229 e. The lowest BCUT2D eigenvalue weighted by Crippen LogP contribution is -2.67. The van der Waals surface area contributed by atoms with Gasteiger partial charge in [-0.1, -0.05) is 65.8 Å². The van der Waals surface area contributed by atoms with Crippen LogP contribution in [0.15, 0.2) is 42.6 Å². The molecule has 8 rings (SSSR count). The Morgan fingerprint density at radius 3 is 2.40 bits per heavy atom. The number of carbonyl (C=O) groups excluding carboxylic acids is 1. The number of allylic oxidation sites excluding steroid dienone is 1. The molecule has 1 aromatic carbocycles. The Labute approximate surface area is 302 Å². The lowest BCUT2D eigenvalue weighted by Gasteiger charge is -2.73. The van der Waals surface area contributed by atoms with Crippen LogP contribution in [0.1, 0.15) is 143 Å². The molecular weight excluding hydrogens is 613 g/mol. The van der Waals surface area contributed by atoms with E-state index < -0.39 is 0 Å². The van der Waals surface area contributed by atoms with E-state index in [9.17, 15) is 5.26 Å². The van der Waals surface area contributed by atoms with Crippen LogP contribution in [0.3, 0.4) is 0 Å². The van der Waals surface area contributed by atoms with E-state index in [4.69, 9.17) is 4.98 Å². The Bertz CT molecular complexity index is 1710. The molecule has 5 heteroatoms. The van der Waals surface area contributed by atoms with Crippen molar-refractivity contribution in [1.82, 2.24) is 14.9 Å². The number of aromatic amines is 1. The third-order valence-electron chi connectivity index (χ3n) is 17.8. The molecule has 1 unspecified atom stereocenters. The van der Waals surface area contributed by atoms with Crippen LogP contribution >= 0.6 is 0 Å². The van der Waals surface area contributed by atoms with Crippen molar-refractivity contribution in [2.45, 2.75) is 132 Å². The molecule has 5 saturated carbocycles. The Hall–Kier alpha value is -2.87. The molecule has 50 heavy (non-hydrogen) atoms. The summed E-state index contributed by atoms with van der Waals surface area (Å²) in [6.45, 7) is 23.5. The highest BCUT2D eigenvalue weighted by atomic mass is 16.2. The van der Waals surface area contributed by atoms with Crippen LogP contribution in [0.4, 0.5) is 0 Å². The summed E-state index contributed by atoms with van der Waals surface area (Å²) in [6.07, 6.45) is 16.3. The maximum absolute atomic E-state index is 15.4. The zero-order valence-electron chi connectivity index (χ0n) is 32.1. The van der Waals surface area contributed by atoms with Crippen LogP contribution in [0.5, 0.6) is 0 Å². The Balaban J connectivity index is 1.11. The fourth-order valence-electron chi connectivity index (χ4n) is 14.6. The summed E-state index contributed by atoms with van der Waals surface area (Å²) in [4.78, 5) is 26.1. The summed E-state index contributed by atoms with van der Waals surface area (Å²) in [5, 5.41) is 9.25. The number of nitriles is 1. The van der Waals surface area contributed by atoms with E-state index in [0.29, 0.717) is 45.5 Å². The lowest BCUT2D eigenvalue weighted by atomic mass is 9.32. The van der Waals surface area contributed by atoms with Crippen molar-refractivity contribution in [3.8, 4) is 17.3 Å². The number of nitrogens with zero attached hydrogens (tertiary/aromatic N) is 3. The van der Waals surface area contributed by atoms with Gasteiger partial charge in [0.1, 0.15) is 5.82 Å². The largest absolute Gasteiger partial charge is 0.340 e. The minimum absolute atomic E-state index is 0.0117. The van der Waals surface area contributed by atoms with Gasteiger partial charge in [0.15, 0.2) is 0 Å². The predicted octanol–water partition coefficient (Wildman–Crippen LogP) is 10.9. The van der Waals surface area contributed by atoms with Gasteiger partial charge in [0, 0.05) is 6.54 Å². The highest BCUT2D eigenvalue weighted by Gasteiger charge is 2.72. The first kappa shape index (κ1) is 34.2. The van der Waals surface area contributed by atoms with E-state index in [2.05, 4.69) is 71.0 Å².